The van der Waals surface area contributed by atoms with Gasteiger partial charge in [-0.05, 0) is 46.7 Å². The number of para-hydroxylation sites is 1. The van der Waals surface area contributed by atoms with Gasteiger partial charge < -0.3 is 43.5 Å². The molecule has 0 radical (unpaired) electrons. The number of hydrogen-bond donors (Lipinski definition) is 1. The van der Waals surface area contributed by atoms with Crippen molar-refractivity contribution in [2.24, 2.45) is 0 Å². The summed E-state index contributed by atoms with van der Waals surface area (Å²) in [5.41, 5.74) is 6.38. The fourth-order valence-electron chi connectivity index (χ4n) is 7.59. The van der Waals surface area contributed by atoms with Crippen molar-refractivity contribution in [3.8, 4) is 11.1 Å². The molecule has 0 saturated heterocycles. The highest BCUT2D eigenvalue weighted by atomic mass is 16.6. The van der Waals surface area contributed by atoms with E-state index in [-0.39, 0.29) is 76.7 Å². The van der Waals surface area contributed by atoms with Crippen LogP contribution >= 0.6 is 0 Å². The van der Waals surface area contributed by atoms with Crippen LogP contribution in [0.2, 0.25) is 0 Å². The van der Waals surface area contributed by atoms with Crippen LogP contribution < -0.4 is 5.32 Å². The molecule has 1 aromatic heterocycles. The second-order valence-corrected chi connectivity index (χ2v) is 15.1. The van der Waals surface area contributed by atoms with Gasteiger partial charge in [-0.2, -0.15) is 0 Å². The molecule has 62 heavy (non-hydrogen) atoms. The Bertz CT molecular complexity index is 2100. The van der Waals surface area contributed by atoms with E-state index >= 15 is 0 Å². The summed E-state index contributed by atoms with van der Waals surface area (Å²) in [6, 6.07) is 26.3. The molecule has 1 heterocycles. The number of aromatic nitrogens is 1. The predicted molar refractivity (Wildman–Crippen MR) is 235 cm³/mol. The zero-order valence-corrected chi connectivity index (χ0v) is 36.8. The Morgan fingerprint density at radius 1 is 0.694 bits per heavy atom. The molecule has 4 aromatic rings. The molecule has 1 N–H and O–H groups in total. The monoisotopic (exact) mass is 855 g/mol. The van der Waals surface area contributed by atoms with Crippen molar-refractivity contribution >= 4 is 40.6 Å². The van der Waals surface area contributed by atoms with E-state index in [9.17, 15) is 24.0 Å². The smallest absolute Gasteiger partial charge is 0.424 e. The van der Waals surface area contributed by atoms with Gasteiger partial charge in [0.25, 0.3) is 0 Å². The summed E-state index contributed by atoms with van der Waals surface area (Å²) in [5.74, 6) is -1.57. The molecule has 5 amide bonds. The van der Waals surface area contributed by atoms with E-state index in [1.807, 2.05) is 66.1 Å². The molecule has 1 aliphatic rings. The summed E-state index contributed by atoms with van der Waals surface area (Å²) in [5, 5.41) is 6.92. The lowest BCUT2D eigenvalue weighted by Gasteiger charge is -2.29. The fourth-order valence-corrected chi connectivity index (χ4v) is 7.59. The third-order valence-electron chi connectivity index (χ3n) is 11.2. The summed E-state index contributed by atoms with van der Waals surface area (Å²) in [6.45, 7) is 3.70. The molecular weight excluding hydrogens is 795 g/mol. The van der Waals surface area contributed by atoms with Crippen LogP contribution in [0.3, 0.4) is 0 Å². The first kappa shape index (κ1) is 47.2. The second-order valence-electron chi connectivity index (χ2n) is 15.1. The summed E-state index contributed by atoms with van der Waals surface area (Å²) in [6.07, 6.45) is -0.425. The molecule has 0 atom stereocenters. The van der Waals surface area contributed by atoms with Crippen molar-refractivity contribution in [3.05, 3.63) is 95.7 Å². The molecule has 0 spiro atoms. The van der Waals surface area contributed by atoms with Crippen LogP contribution in [0.15, 0.2) is 78.9 Å². The summed E-state index contributed by atoms with van der Waals surface area (Å²) in [4.78, 5) is 71.1. The number of benzene rings is 3. The fraction of sp³-hybridized carbons (Fsp3) is 0.457. The molecule has 0 saturated carbocycles. The van der Waals surface area contributed by atoms with Gasteiger partial charge in [0.2, 0.25) is 23.6 Å². The van der Waals surface area contributed by atoms with Gasteiger partial charge in [-0.3, -0.25) is 19.2 Å². The van der Waals surface area contributed by atoms with Gasteiger partial charge in [0.1, 0.15) is 6.61 Å². The molecule has 0 unspecified atom stereocenters. The predicted octanol–water partition coefficient (Wildman–Crippen LogP) is 3.82. The number of fused-ring (bicyclic) bond motifs is 4. The zero-order valence-electron chi connectivity index (χ0n) is 36.8. The van der Waals surface area contributed by atoms with Crippen LogP contribution in [-0.4, -0.2) is 167 Å². The molecule has 334 valence electrons. The van der Waals surface area contributed by atoms with Crippen molar-refractivity contribution < 1.29 is 42.9 Å². The van der Waals surface area contributed by atoms with E-state index in [0.717, 1.165) is 38.9 Å². The highest BCUT2D eigenvalue weighted by Gasteiger charge is 2.30. The minimum atomic E-state index is -0.487. The zero-order chi connectivity index (χ0) is 44.6. The van der Waals surface area contributed by atoms with Crippen LogP contribution in [-0.2, 0) is 51.2 Å². The largest absolute Gasteiger partial charge is 0.447 e. The number of rotatable bonds is 24. The van der Waals surface area contributed by atoms with E-state index in [2.05, 4.69) is 29.6 Å². The Balaban J connectivity index is 1.17. The van der Waals surface area contributed by atoms with Crippen LogP contribution in [0.4, 0.5) is 4.79 Å². The highest BCUT2D eigenvalue weighted by Crippen LogP contribution is 2.44. The SMILES string of the molecule is CCN(CCOC)C(=O)CN(CCOC)C(=O)CN(CCOC)C(=O)CNC(=O)CCn1c(CN(C)N(C)C(=O)OCC2c3ccccc3-c3ccccc32)cc2ccccc21. The number of aryl methyl sites for hydroxylation is 1. The van der Waals surface area contributed by atoms with Gasteiger partial charge in [-0.25, -0.2) is 14.8 Å². The van der Waals surface area contributed by atoms with E-state index < -0.39 is 17.9 Å². The first-order chi connectivity index (χ1) is 30.0. The second kappa shape index (κ2) is 23.4. The Hall–Kier alpha value is -5.81. The summed E-state index contributed by atoms with van der Waals surface area (Å²) in [7, 11) is 8.02. The first-order valence-corrected chi connectivity index (χ1v) is 20.9. The number of hydrazine groups is 1. The molecule has 16 heteroatoms. The maximum atomic E-state index is 13.5. The third-order valence-corrected chi connectivity index (χ3v) is 11.2. The minimum Gasteiger partial charge on any atom is -0.447 e. The molecule has 1 aliphatic carbocycles. The Morgan fingerprint density at radius 3 is 1.82 bits per heavy atom. The van der Waals surface area contributed by atoms with Gasteiger partial charge >= 0.3 is 6.09 Å². The van der Waals surface area contributed by atoms with Crippen molar-refractivity contribution in [1.82, 2.24) is 34.6 Å². The van der Waals surface area contributed by atoms with Crippen LogP contribution in [0.5, 0.6) is 0 Å². The Labute approximate surface area is 364 Å². The molecular formula is C46H61N7O9. The first-order valence-electron chi connectivity index (χ1n) is 20.9. The average Bonchev–Trinajstić information content (AvgIpc) is 3.80. The number of methoxy groups -OCH3 is 3. The quantitative estimate of drug-likeness (QED) is 0.103. The minimum absolute atomic E-state index is 0.0613. The van der Waals surface area contributed by atoms with Crippen molar-refractivity contribution in [2.75, 3.05) is 108 Å². The third kappa shape index (κ3) is 12.2. The highest BCUT2D eigenvalue weighted by molar-refractivity contribution is 5.90. The van der Waals surface area contributed by atoms with Crippen LogP contribution in [0, 0.1) is 0 Å². The molecule has 3 aromatic carbocycles. The van der Waals surface area contributed by atoms with E-state index in [4.69, 9.17) is 18.9 Å². The number of carbonyl (C=O) groups is 5. The van der Waals surface area contributed by atoms with Gasteiger partial charge in [0.05, 0.1) is 46.0 Å². The van der Waals surface area contributed by atoms with E-state index in [1.165, 1.54) is 29.0 Å². The normalized spacial score (nSPS) is 11.9. The lowest BCUT2D eigenvalue weighted by molar-refractivity contribution is -0.145. The topological polar surface area (TPSA) is 155 Å². The van der Waals surface area contributed by atoms with E-state index in [1.54, 1.807) is 31.1 Å². The van der Waals surface area contributed by atoms with Gasteiger partial charge in [-0.15, -0.1) is 0 Å². The van der Waals surface area contributed by atoms with Crippen molar-refractivity contribution in [1.29, 1.82) is 0 Å². The Kier molecular flexibility index (Phi) is 17.8. The molecule has 0 aliphatic heterocycles. The van der Waals surface area contributed by atoms with Crippen LogP contribution in [0.1, 0.15) is 36.1 Å². The van der Waals surface area contributed by atoms with Crippen molar-refractivity contribution in [2.45, 2.75) is 32.4 Å². The summed E-state index contributed by atoms with van der Waals surface area (Å²) < 4.78 is 23.5. The average molecular weight is 856 g/mol. The number of hydrogen-bond acceptors (Lipinski definition) is 10. The molecule has 0 bridgehead atoms. The number of likely N-dealkylation sites (N-methyl/N-ethyl adjacent to an activating group) is 1. The summed E-state index contributed by atoms with van der Waals surface area (Å²) >= 11 is 0. The van der Waals surface area contributed by atoms with Gasteiger partial charge in [0.15, 0.2) is 0 Å². The molecule has 5 rings (SSSR count). The maximum Gasteiger partial charge on any atom is 0.424 e. The molecule has 16 nitrogen and oxygen atoms in total. The Morgan fingerprint density at radius 2 is 1.23 bits per heavy atom. The number of ether oxygens (including phenoxy) is 4. The van der Waals surface area contributed by atoms with Crippen LogP contribution in [0.25, 0.3) is 22.0 Å². The standard InChI is InChI=1S/C46H61N7O9/c1-7-50(22-25-59-4)44(56)31-52(24-27-61-6)45(57)32-51(23-26-60-5)43(55)29-47-42(54)20-21-53-35(28-34-14-8-13-19-41(34)53)30-48(2)49(3)46(58)62-33-40-38-17-11-9-15-36(38)37-16-10-12-18-39(37)40/h8-19,28,40H,7,20-27,29-33H2,1-6H3,(H,47,54). The molecule has 0 fully saturated rings. The maximum absolute atomic E-state index is 13.5. The van der Waals surface area contributed by atoms with Gasteiger partial charge in [0, 0.05) is 91.7 Å². The lowest BCUT2D eigenvalue weighted by atomic mass is 9.98. The number of nitrogens with zero attached hydrogens (tertiary/aromatic N) is 6. The number of nitrogens with one attached hydrogen (secondary N) is 1. The number of amides is 5. The number of carbonyl (C=O) groups excluding carboxylic acids is 5. The van der Waals surface area contributed by atoms with Crippen molar-refractivity contribution in [3.63, 3.8) is 0 Å². The van der Waals surface area contributed by atoms with E-state index in [0.29, 0.717) is 32.8 Å². The lowest BCUT2D eigenvalue weighted by Crippen LogP contribution is -2.50. The van der Waals surface area contributed by atoms with Gasteiger partial charge in [-0.1, -0.05) is 66.7 Å².